The van der Waals surface area contributed by atoms with Gasteiger partial charge in [-0.2, -0.15) is 0 Å². The van der Waals surface area contributed by atoms with Crippen LogP contribution in [0.25, 0.3) is 0 Å². The summed E-state index contributed by atoms with van der Waals surface area (Å²) in [5.41, 5.74) is 0.585. The summed E-state index contributed by atoms with van der Waals surface area (Å²) in [6.45, 7) is 2.00. The molecule has 1 aromatic rings. The van der Waals surface area contributed by atoms with Crippen LogP contribution in [0.3, 0.4) is 0 Å². The summed E-state index contributed by atoms with van der Waals surface area (Å²) in [7, 11) is 0. The second kappa shape index (κ2) is 11.5. The molecule has 0 aromatic heterocycles. The normalized spacial score (nSPS) is 11.9. The molecule has 0 aliphatic rings. The van der Waals surface area contributed by atoms with E-state index in [2.05, 4.69) is 0 Å². The molecular weight excluding hydrogens is 304 g/mol. The van der Waals surface area contributed by atoms with Gasteiger partial charge in [0.05, 0.1) is 12.3 Å². The zero-order valence-corrected chi connectivity index (χ0v) is 14.5. The number of hydrogen-bond donors (Lipinski definition) is 1. The average molecular weight is 332 g/mol. The Kier molecular flexibility index (Phi) is 9.66. The van der Waals surface area contributed by atoms with Crippen molar-refractivity contribution < 1.29 is 19.5 Å². The molecule has 132 valence electrons. The number of aliphatic carboxylic acids is 1. The van der Waals surface area contributed by atoms with E-state index in [-0.39, 0.29) is 23.9 Å². The molecular formula is C20H28O4. The predicted octanol–water partition coefficient (Wildman–Crippen LogP) is 4.67. The van der Waals surface area contributed by atoms with Crippen LogP contribution in [0.15, 0.2) is 30.3 Å². The first-order valence-electron chi connectivity index (χ1n) is 8.87. The van der Waals surface area contributed by atoms with Crippen molar-refractivity contribution in [3.63, 3.8) is 0 Å². The quantitative estimate of drug-likeness (QED) is 0.324. The highest BCUT2D eigenvalue weighted by atomic mass is 16.4. The first kappa shape index (κ1) is 20.1. The average Bonchev–Trinajstić information content (AvgIpc) is 2.57. The Morgan fingerprint density at radius 3 is 2.25 bits per heavy atom. The Balaban J connectivity index is 2.13. The summed E-state index contributed by atoms with van der Waals surface area (Å²) < 4.78 is 0. The molecule has 0 saturated carbocycles. The zero-order chi connectivity index (χ0) is 17.8. The van der Waals surface area contributed by atoms with Gasteiger partial charge in [-0.3, -0.25) is 14.4 Å². The standard InChI is InChI=1S/C20H28O4/c1-2-10-17(20(23)24)13-6-3-4-9-14-18(21)15-19(22)16-11-7-5-8-12-16/h5,7-8,11-12,17H,2-4,6,9-10,13-15H2,1H3,(H,23,24). The molecule has 0 bridgehead atoms. The number of rotatable bonds is 13. The Bertz CT molecular complexity index is 522. The van der Waals surface area contributed by atoms with E-state index >= 15 is 0 Å². The van der Waals surface area contributed by atoms with E-state index < -0.39 is 5.97 Å². The van der Waals surface area contributed by atoms with Crippen LogP contribution >= 0.6 is 0 Å². The molecule has 1 rings (SSSR count). The minimum atomic E-state index is -0.702. The maximum absolute atomic E-state index is 11.9. The maximum atomic E-state index is 11.9. The van der Waals surface area contributed by atoms with Crippen LogP contribution in [0, 0.1) is 5.92 Å². The van der Waals surface area contributed by atoms with E-state index in [4.69, 9.17) is 5.11 Å². The number of benzene rings is 1. The Hall–Kier alpha value is -1.97. The van der Waals surface area contributed by atoms with Crippen LogP contribution in [0.2, 0.25) is 0 Å². The summed E-state index contributed by atoms with van der Waals surface area (Å²) in [6, 6.07) is 8.88. The highest BCUT2D eigenvalue weighted by molar-refractivity contribution is 6.07. The lowest BCUT2D eigenvalue weighted by Crippen LogP contribution is -2.13. The fourth-order valence-electron chi connectivity index (χ4n) is 2.80. The molecule has 0 radical (unpaired) electrons. The van der Waals surface area contributed by atoms with E-state index in [1.165, 1.54) is 0 Å². The van der Waals surface area contributed by atoms with Crippen molar-refractivity contribution in [1.82, 2.24) is 0 Å². The second-order valence-corrected chi connectivity index (χ2v) is 6.28. The molecule has 0 saturated heterocycles. The molecule has 1 aromatic carbocycles. The molecule has 4 heteroatoms. The predicted molar refractivity (Wildman–Crippen MR) is 94.1 cm³/mol. The largest absolute Gasteiger partial charge is 0.481 e. The molecule has 1 N–H and O–H groups in total. The van der Waals surface area contributed by atoms with Crippen LogP contribution < -0.4 is 0 Å². The lowest BCUT2D eigenvalue weighted by molar-refractivity contribution is -0.142. The summed E-state index contributed by atoms with van der Waals surface area (Å²) >= 11 is 0. The molecule has 0 spiro atoms. The number of carbonyl (C=O) groups is 3. The summed E-state index contributed by atoms with van der Waals surface area (Å²) in [5, 5.41) is 9.08. The smallest absolute Gasteiger partial charge is 0.306 e. The molecule has 1 unspecified atom stereocenters. The van der Waals surface area contributed by atoms with Gasteiger partial charge in [-0.15, -0.1) is 0 Å². The Labute approximate surface area is 144 Å². The number of hydrogen-bond acceptors (Lipinski definition) is 3. The van der Waals surface area contributed by atoms with Gasteiger partial charge >= 0.3 is 5.97 Å². The van der Waals surface area contributed by atoms with Gasteiger partial charge in [-0.25, -0.2) is 0 Å². The third-order valence-corrected chi connectivity index (χ3v) is 4.20. The van der Waals surface area contributed by atoms with E-state index in [1.807, 2.05) is 13.0 Å². The fraction of sp³-hybridized carbons (Fsp3) is 0.550. The van der Waals surface area contributed by atoms with Crippen molar-refractivity contribution in [3.8, 4) is 0 Å². The second-order valence-electron chi connectivity index (χ2n) is 6.28. The van der Waals surface area contributed by atoms with Gasteiger partial charge in [0.15, 0.2) is 5.78 Å². The highest BCUT2D eigenvalue weighted by Gasteiger charge is 2.15. The number of carboxylic acid groups (broad SMARTS) is 1. The van der Waals surface area contributed by atoms with Crippen LogP contribution in [-0.2, 0) is 9.59 Å². The SMILES string of the molecule is CCCC(CCCCCCC(=O)CC(=O)c1ccccc1)C(=O)O. The van der Waals surface area contributed by atoms with Gasteiger partial charge in [-0.1, -0.05) is 62.9 Å². The third-order valence-electron chi connectivity index (χ3n) is 4.20. The minimum absolute atomic E-state index is 0.0155. The van der Waals surface area contributed by atoms with Gasteiger partial charge in [0.1, 0.15) is 5.78 Å². The lowest BCUT2D eigenvalue weighted by atomic mass is 9.96. The summed E-state index contributed by atoms with van der Waals surface area (Å²) in [6.07, 6.45) is 6.23. The van der Waals surface area contributed by atoms with E-state index in [9.17, 15) is 14.4 Å². The van der Waals surface area contributed by atoms with Crippen LogP contribution in [0.1, 0.15) is 75.1 Å². The van der Waals surface area contributed by atoms with Gasteiger partial charge < -0.3 is 5.11 Å². The number of unbranched alkanes of at least 4 members (excludes halogenated alkanes) is 3. The zero-order valence-electron chi connectivity index (χ0n) is 14.5. The molecule has 0 aliphatic carbocycles. The van der Waals surface area contributed by atoms with Crippen LogP contribution in [0.4, 0.5) is 0 Å². The van der Waals surface area contributed by atoms with Crippen LogP contribution in [0.5, 0.6) is 0 Å². The summed E-state index contributed by atoms with van der Waals surface area (Å²) in [5.74, 6) is -1.07. The molecule has 0 aliphatic heterocycles. The highest BCUT2D eigenvalue weighted by Crippen LogP contribution is 2.17. The van der Waals surface area contributed by atoms with Gasteiger partial charge in [0, 0.05) is 12.0 Å². The number of carboxylic acids is 1. The maximum Gasteiger partial charge on any atom is 0.306 e. The van der Waals surface area contributed by atoms with Gasteiger partial charge in [-0.05, 0) is 19.3 Å². The van der Waals surface area contributed by atoms with Gasteiger partial charge in [0.25, 0.3) is 0 Å². The Morgan fingerprint density at radius 1 is 0.958 bits per heavy atom. The molecule has 0 fully saturated rings. The van der Waals surface area contributed by atoms with E-state index in [1.54, 1.807) is 24.3 Å². The number of carbonyl (C=O) groups excluding carboxylic acids is 2. The molecule has 4 nitrogen and oxygen atoms in total. The van der Waals surface area contributed by atoms with Crippen molar-refractivity contribution in [2.75, 3.05) is 0 Å². The van der Waals surface area contributed by atoms with Crippen LogP contribution in [-0.4, -0.2) is 22.6 Å². The fourth-order valence-corrected chi connectivity index (χ4v) is 2.80. The minimum Gasteiger partial charge on any atom is -0.481 e. The topological polar surface area (TPSA) is 71.4 Å². The van der Waals surface area contributed by atoms with Crippen molar-refractivity contribution in [2.24, 2.45) is 5.92 Å². The van der Waals surface area contributed by atoms with Crippen molar-refractivity contribution in [2.45, 2.75) is 64.7 Å². The Morgan fingerprint density at radius 2 is 1.62 bits per heavy atom. The lowest BCUT2D eigenvalue weighted by Gasteiger charge is -2.10. The van der Waals surface area contributed by atoms with Crippen molar-refractivity contribution in [3.05, 3.63) is 35.9 Å². The molecule has 24 heavy (non-hydrogen) atoms. The third kappa shape index (κ3) is 8.04. The van der Waals surface area contributed by atoms with Gasteiger partial charge in [0.2, 0.25) is 0 Å². The summed E-state index contributed by atoms with van der Waals surface area (Å²) in [4.78, 5) is 34.8. The van der Waals surface area contributed by atoms with Crippen molar-refractivity contribution in [1.29, 1.82) is 0 Å². The first-order chi connectivity index (χ1) is 11.5. The first-order valence-corrected chi connectivity index (χ1v) is 8.87. The van der Waals surface area contributed by atoms with E-state index in [0.29, 0.717) is 18.4 Å². The monoisotopic (exact) mass is 332 g/mol. The van der Waals surface area contributed by atoms with E-state index in [0.717, 1.165) is 38.5 Å². The number of ketones is 2. The molecule has 0 amide bonds. The number of Topliss-reactive ketones (excluding diaryl/α,β-unsaturated/α-hetero) is 2. The molecule has 0 heterocycles. The molecule has 1 atom stereocenters. The van der Waals surface area contributed by atoms with Crippen molar-refractivity contribution >= 4 is 17.5 Å².